The molecule has 1 heterocycles. The number of likely N-dealkylation sites (tertiary alicyclic amines) is 1. The lowest BCUT2D eigenvalue weighted by molar-refractivity contribution is 0.0993. The summed E-state index contributed by atoms with van der Waals surface area (Å²) in [4.78, 5) is 14.5. The number of nitrogens with zero attached hydrogens (tertiary/aromatic N) is 1. The van der Waals surface area contributed by atoms with Crippen molar-refractivity contribution in [3.63, 3.8) is 0 Å². The number of carbonyl (C=O) groups is 1. The van der Waals surface area contributed by atoms with Gasteiger partial charge in [-0.1, -0.05) is 110 Å². The molecule has 1 saturated heterocycles. The summed E-state index contributed by atoms with van der Waals surface area (Å²) in [6.07, 6.45) is 26.0. The lowest BCUT2D eigenvalue weighted by Gasteiger charge is -2.38. The Morgan fingerprint density at radius 1 is 0.806 bits per heavy atom. The minimum Gasteiger partial charge on any atom is -0.338 e. The average Bonchev–Trinajstić information content (AvgIpc) is 2.76. The van der Waals surface area contributed by atoms with Gasteiger partial charge in [-0.25, -0.2) is 4.79 Å². The molecule has 2 N–H and O–H groups in total. The van der Waals surface area contributed by atoms with Gasteiger partial charge in [0.1, 0.15) is 0 Å². The highest BCUT2D eigenvalue weighted by Crippen LogP contribution is 2.18. The van der Waals surface area contributed by atoms with Crippen molar-refractivity contribution >= 4 is 6.03 Å². The second-order valence-electron chi connectivity index (χ2n) is 9.96. The van der Waals surface area contributed by atoms with Crippen LogP contribution in [0.5, 0.6) is 0 Å². The Kier molecular flexibility index (Phi) is 18.1. The summed E-state index contributed by atoms with van der Waals surface area (Å²) in [7, 11) is 0. The van der Waals surface area contributed by atoms with Crippen molar-refractivity contribution in [3.05, 3.63) is 0 Å². The molecule has 2 atom stereocenters. The molecule has 2 unspecified atom stereocenters. The van der Waals surface area contributed by atoms with Gasteiger partial charge < -0.3 is 10.6 Å². The molecule has 0 spiro atoms. The van der Waals surface area contributed by atoms with Crippen molar-refractivity contribution in [2.24, 2.45) is 0 Å². The molecule has 2 amide bonds. The van der Waals surface area contributed by atoms with Crippen LogP contribution in [-0.4, -0.2) is 36.2 Å². The molecule has 0 bridgehead atoms. The van der Waals surface area contributed by atoms with Crippen LogP contribution in [0.2, 0.25) is 0 Å². The highest BCUT2D eigenvalue weighted by molar-refractivity contribution is 5.74. The van der Waals surface area contributed by atoms with E-state index >= 15 is 0 Å². The fraction of sp³-hybridized carbons (Fsp3) is 0.963. The number of urea groups is 1. The fourth-order valence-corrected chi connectivity index (χ4v) is 4.89. The first-order valence-electron chi connectivity index (χ1n) is 13.9. The van der Waals surface area contributed by atoms with E-state index in [-0.39, 0.29) is 12.2 Å². The number of unbranched alkanes of at least 4 members (excludes halogenated alkanes) is 15. The van der Waals surface area contributed by atoms with E-state index in [1.165, 1.54) is 116 Å². The Labute approximate surface area is 194 Å². The van der Waals surface area contributed by atoms with Crippen LogP contribution in [0.4, 0.5) is 4.79 Å². The van der Waals surface area contributed by atoms with Crippen LogP contribution in [0, 0.1) is 0 Å². The summed E-state index contributed by atoms with van der Waals surface area (Å²) in [6.45, 7) is 8.56. The highest BCUT2D eigenvalue weighted by Gasteiger charge is 2.23. The van der Waals surface area contributed by atoms with Crippen LogP contribution in [0.25, 0.3) is 0 Å². The van der Waals surface area contributed by atoms with Crippen molar-refractivity contribution < 1.29 is 4.79 Å². The topological polar surface area (TPSA) is 44.4 Å². The van der Waals surface area contributed by atoms with Gasteiger partial charge in [-0.15, -0.1) is 0 Å². The van der Waals surface area contributed by atoms with Crippen LogP contribution in [-0.2, 0) is 0 Å². The quantitative estimate of drug-likeness (QED) is 0.203. The number of nitrogens with one attached hydrogen (secondary N) is 2. The molecule has 1 aliphatic rings. The van der Waals surface area contributed by atoms with Crippen molar-refractivity contribution in [3.8, 4) is 0 Å². The van der Waals surface area contributed by atoms with Crippen molar-refractivity contribution in [1.82, 2.24) is 15.5 Å². The number of hydrogen-bond donors (Lipinski definition) is 2. The van der Waals surface area contributed by atoms with Crippen molar-refractivity contribution in [2.75, 3.05) is 13.1 Å². The van der Waals surface area contributed by atoms with E-state index in [2.05, 4.69) is 36.3 Å². The standard InChI is InChI=1S/C27H55N3O/c1-4-5-6-7-8-9-10-11-12-13-14-15-16-17-18-20-23-28-27(31)29-26(3)30-24-21-19-22-25(30)2/h25-26H,4-24H2,1-3H3,(H2,28,29,31). The second kappa shape index (κ2) is 19.9. The Hall–Kier alpha value is -0.770. The summed E-state index contributed by atoms with van der Waals surface area (Å²) in [6, 6.07) is 0.565. The first-order chi connectivity index (χ1) is 15.1. The van der Waals surface area contributed by atoms with Crippen LogP contribution in [0.3, 0.4) is 0 Å². The first kappa shape index (κ1) is 28.3. The van der Waals surface area contributed by atoms with Gasteiger partial charge in [-0.2, -0.15) is 0 Å². The molecule has 0 aromatic heterocycles. The number of carbonyl (C=O) groups excluding carboxylic acids is 1. The molecular formula is C27H55N3O. The van der Waals surface area contributed by atoms with Crippen LogP contribution in [0.1, 0.15) is 143 Å². The molecule has 0 aliphatic carbocycles. The number of hydrogen-bond acceptors (Lipinski definition) is 2. The average molecular weight is 438 g/mol. The number of amides is 2. The Morgan fingerprint density at radius 3 is 1.77 bits per heavy atom. The van der Waals surface area contributed by atoms with Gasteiger partial charge in [0.2, 0.25) is 0 Å². The summed E-state index contributed by atoms with van der Waals surface area (Å²) in [5.74, 6) is 0. The van der Waals surface area contributed by atoms with Crippen LogP contribution >= 0.6 is 0 Å². The normalized spacial score (nSPS) is 18.1. The number of rotatable bonds is 19. The van der Waals surface area contributed by atoms with E-state index in [1.807, 2.05) is 0 Å². The van der Waals surface area contributed by atoms with Gasteiger partial charge in [0.25, 0.3) is 0 Å². The van der Waals surface area contributed by atoms with E-state index < -0.39 is 0 Å². The maximum absolute atomic E-state index is 12.1. The Morgan fingerprint density at radius 2 is 1.29 bits per heavy atom. The molecule has 0 aromatic carbocycles. The predicted molar refractivity (Wildman–Crippen MR) is 136 cm³/mol. The Balaban J connectivity index is 1.80. The highest BCUT2D eigenvalue weighted by atomic mass is 16.2. The zero-order valence-corrected chi connectivity index (χ0v) is 21.4. The predicted octanol–water partition coefficient (Wildman–Crippen LogP) is 7.77. The molecular weight excluding hydrogens is 382 g/mol. The maximum atomic E-state index is 12.1. The second-order valence-corrected chi connectivity index (χ2v) is 9.96. The first-order valence-corrected chi connectivity index (χ1v) is 13.9. The molecule has 4 heteroatoms. The lowest BCUT2D eigenvalue weighted by atomic mass is 10.0. The maximum Gasteiger partial charge on any atom is 0.316 e. The van der Waals surface area contributed by atoms with Crippen LogP contribution < -0.4 is 10.6 Å². The summed E-state index contributed by atoms with van der Waals surface area (Å²) >= 11 is 0. The van der Waals surface area contributed by atoms with Gasteiger partial charge in [0.05, 0.1) is 6.17 Å². The molecule has 4 nitrogen and oxygen atoms in total. The molecule has 31 heavy (non-hydrogen) atoms. The summed E-state index contributed by atoms with van der Waals surface area (Å²) in [5.41, 5.74) is 0. The number of piperidine rings is 1. The van der Waals surface area contributed by atoms with Gasteiger partial charge in [0.15, 0.2) is 0 Å². The van der Waals surface area contributed by atoms with Gasteiger partial charge >= 0.3 is 6.03 Å². The minimum atomic E-state index is -0.00812. The molecule has 184 valence electrons. The van der Waals surface area contributed by atoms with E-state index in [0.29, 0.717) is 6.04 Å². The SMILES string of the molecule is CCCCCCCCCCCCCCCCCCNC(=O)NC(C)N1CCCCC1C. The van der Waals surface area contributed by atoms with E-state index in [1.54, 1.807) is 0 Å². The minimum absolute atomic E-state index is 0.00812. The molecule has 1 fully saturated rings. The van der Waals surface area contributed by atoms with E-state index in [0.717, 1.165) is 19.5 Å². The van der Waals surface area contributed by atoms with Gasteiger partial charge in [-0.05, 0) is 33.1 Å². The van der Waals surface area contributed by atoms with E-state index in [9.17, 15) is 4.79 Å². The molecule has 1 rings (SSSR count). The largest absolute Gasteiger partial charge is 0.338 e. The summed E-state index contributed by atoms with van der Waals surface area (Å²) in [5, 5.41) is 6.15. The lowest BCUT2D eigenvalue weighted by Crippen LogP contribution is -2.54. The summed E-state index contributed by atoms with van der Waals surface area (Å²) < 4.78 is 0. The third kappa shape index (κ3) is 15.6. The van der Waals surface area contributed by atoms with Gasteiger partial charge in [0, 0.05) is 19.1 Å². The zero-order valence-electron chi connectivity index (χ0n) is 21.4. The van der Waals surface area contributed by atoms with E-state index in [4.69, 9.17) is 0 Å². The van der Waals surface area contributed by atoms with Gasteiger partial charge in [-0.3, -0.25) is 4.90 Å². The van der Waals surface area contributed by atoms with Crippen molar-refractivity contribution in [2.45, 2.75) is 155 Å². The molecule has 0 radical (unpaired) electrons. The third-order valence-electron chi connectivity index (χ3n) is 7.01. The zero-order chi connectivity index (χ0) is 22.6. The van der Waals surface area contributed by atoms with Crippen LogP contribution in [0.15, 0.2) is 0 Å². The Bertz CT molecular complexity index is 415. The molecule has 0 aromatic rings. The molecule has 1 aliphatic heterocycles. The molecule has 0 saturated carbocycles. The third-order valence-corrected chi connectivity index (χ3v) is 7.01. The van der Waals surface area contributed by atoms with Crippen molar-refractivity contribution in [1.29, 1.82) is 0 Å². The monoisotopic (exact) mass is 437 g/mol. The smallest absolute Gasteiger partial charge is 0.316 e. The fourth-order valence-electron chi connectivity index (χ4n) is 4.89.